The fourth-order valence-electron chi connectivity index (χ4n) is 3.09. The summed E-state index contributed by atoms with van der Waals surface area (Å²) < 4.78 is 5.65. The number of carboxylic acid groups (broad SMARTS) is 1. The van der Waals surface area contributed by atoms with Crippen molar-refractivity contribution in [3.63, 3.8) is 0 Å². The van der Waals surface area contributed by atoms with Gasteiger partial charge in [-0.3, -0.25) is 9.59 Å². The number of carboxylic acids is 1. The molecule has 5 heteroatoms. The maximum atomic E-state index is 12.6. The van der Waals surface area contributed by atoms with Crippen molar-refractivity contribution in [2.75, 3.05) is 13.1 Å². The molecule has 0 bridgehead atoms. The number of benzene rings is 1. The maximum Gasteiger partial charge on any atom is 0.303 e. The normalized spacial score (nSPS) is 18.6. The van der Waals surface area contributed by atoms with E-state index < -0.39 is 5.97 Å². The highest BCUT2D eigenvalue weighted by molar-refractivity contribution is 5.96. The zero-order valence-corrected chi connectivity index (χ0v) is 12.5. The number of likely N-dealkylation sites (tertiary alicyclic amines) is 1. The van der Waals surface area contributed by atoms with E-state index in [0.717, 1.165) is 23.8 Å². The lowest BCUT2D eigenvalue weighted by Crippen LogP contribution is -2.40. The number of rotatable bonds is 3. The summed E-state index contributed by atoms with van der Waals surface area (Å²) in [5.41, 5.74) is 1.82. The summed E-state index contributed by atoms with van der Waals surface area (Å²) in [5.74, 6) is -0.596. The van der Waals surface area contributed by atoms with Crippen LogP contribution in [0.5, 0.6) is 0 Å². The molecule has 1 amide bonds. The Bertz CT molecular complexity index is 719. The number of fused-ring (bicyclic) bond motifs is 1. The van der Waals surface area contributed by atoms with Gasteiger partial charge in [0.2, 0.25) is 0 Å². The van der Waals surface area contributed by atoms with E-state index in [4.69, 9.17) is 9.52 Å². The van der Waals surface area contributed by atoms with Crippen LogP contribution in [0.4, 0.5) is 0 Å². The fraction of sp³-hybridized carbons (Fsp3) is 0.412. The van der Waals surface area contributed by atoms with Crippen LogP contribution < -0.4 is 0 Å². The quantitative estimate of drug-likeness (QED) is 0.945. The first-order chi connectivity index (χ1) is 10.5. The molecular weight excluding hydrogens is 282 g/mol. The molecule has 1 aromatic carbocycles. The molecule has 1 fully saturated rings. The van der Waals surface area contributed by atoms with Crippen molar-refractivity contribution in [3.05, 3.63) is 35.6 Å². The Hall–Kier alpha value is -2.30. The van der Waals surface area contributed by atoms with Gasteiger partial charge in [0.05, 0.1) is 0 Å². The third-order valence-electron chi connectivity index (χ3n) is 4.15. The van der Waals surface area contributed by atoms with E-state index in [1.54, 1.807) is 11.0 Å². The molecule has 22 heavy (non-hydrogen) atoms. The van der Waals surface area contributed by atoms with E-state index in [0.29, 0.717) is 24.4 Å². The van der Waals surface area contributed by atoms with Crippen molar-refractivity contribution < 1.29 is 19.1 Å². The molecule has 1 atom stereocenters. The van der Waals surface area contributed by atoms with Crippen LogP contribution >= 0.6 is 0 Å². The van der Waals surface area contributed by atoms with Crippen molar-refractivity contribution in [2.24, 2.45) is 5.92 Å². The first-order valence-electron chi connectivity index (χ1n) is 7.54. The molecule has 0 radical (unpaired) electrons. The Labute approximate surface area is 128 Å². The summed E-state index contributed by atoms with van der Waals surface area (Å²) in [7, 11) is 0. The molecule has 2 aromatic rings. The molecule has 2 heterocycles. The van der Waals surface area contributed by atoms with Gasteiger partial charge in [0.1, 0.15) is 5.58 Å². The first kappa shape index (κ1) is 14.6. The van der Waals surface area contributed by atoms with E-state index in [2.05, 4.69) is 0 Å². The minimum atomic E-state index is -0.807. The monoisotopic (exact) mass is 301 g/mol. The summed E-state index contributed by atoms with van der Waals surface area (Å²) >= 11 is 0. The van der Waals surface area contributed by atoms with Crippen molar-refractivity contribution >= 4 is 22.8 Å². The fourth-order valence-corrected chi connectivity index (χ4v) is 3.09. The van der Waals surface area contributed by atoms with Gasteiger partial charge in [0, 0.05) is 24.9 Å². The summed E-state index contributed by atoms with van der Waals surface area (Å²) in [6, 6.07) is 7.57. The number of hydrogen-bond acceptors (Lipinski definition) is 3. The second-order valence-electron chi connectivity index (χ2n) is 6.01. The van der Waals surface area contributed by atoms with Crippen molar-refractivity contribution in [2.45, 2.75) is 26.2 Å². The Kier molecular flexibility index (Phi) is 3.88. The minimum Gasteiger partial charge on any atom is -0.481 e. The van der Waals surface area contributed by atoms with Crippen molar-refractivity contribution in [3.8, 4) is 0 Å². The number of aryl methyl sites for hydroxylation is 1. The molecule has 1 N–H and O–H groups in total. The van der Waals surface area contributed by atoms with Crippen LogP contribution in [0.15, 0.2) is 28.7 Å². The number of piperidine rings is 1. The number of nitrogens with zero attached hydrogens (tertiary/aromatic N) is 1. The number of carbonyl (C=O) groups excluding carboxylic acids is 1. The SMILES string of the molecule is Cc1ccc2oc(C(=O)N3CCCC(CC(=O)O)C3)cc2c1. The Morgan fingerprint density at radius 2 is 2.18 bits per heavy atom. The lowest BCUT2D eigenvalue weighted by molar-refractivity contribution is -0.138. The minimum absolute atomic E-state index is 0.0295. The van der Waals surface area contributed by atoms with Gasteiger partial charge >= 0.3 is 5.97 Å². The van der Waals surface area contributed by atoms with Crippen LogP contribution in [0.3, 0.4) is 0 Å². The molecule has 0 aliphatic carbocycles. The molecule has 0 spiro atoms. The average Bonchev–Trinajstić information content (AvgIpc) is 2.89. The van der Waals surface area contributed by atoms with E-state index in [-0.39, 0.29) is 18.2 Å². The Morgan fingerprint density at radius 3 is 2.95 bits per heavy atom. The molecule has 0 saturated carbocycles. The molecule has 1 aliphatic heterocycles. The third kappa shape index (κ3) is 2.98. The predicted octanol–water partition coefficient (Wildman–Crippen LogP) is 3.07. The number of aliphatic carboxylic acids is 1. The Morgan fingerprint density at radius 1 is 1.36 bits per heavy atom. The second-order valence-corrected chi connectivity index (χ2v) is 6.01. The smallest absolute Gasteiger partial charge is 0.303 e. The molecule has 1 saturated heterocycles. The Balaban J connectivity index is 1.78. The average molecular weight is 301 g/mol. The highest BCUT2D eigenvalue weighted by Crippen LogP contribution is 2.25. The van der Waals surface area contributed by atoms with E-state index in [9.17, 15) is 9.59 Å². The zero-order valence-electron chi connectivity index (χ0n) is 12.5. The van der Waals surface area contributed by atoms with E-state index in [1.165, 1.54) is 0 Å². The zero-order chi connectivity index (χ0) is 15.7. The molecule has 5 nitrogen and oxygen atoms in total. The number of amides is 1. The van der Waals surface area contributed by atoms with Gasteiger partial charge in [0.25, 0.3) is 5.91 Å². The molecule has 1 aromatic heterocycles. The number of carbonyl (C=O) groups is 2. The van der Waals surface area contributed by atoms with Crippen molar-refractivity contribution in [1.29, 1.82) is 0 Å². The van der Waals surface area contributed by atoms with Crippen LogP contribution in [0, 0.1) is 12.8 Å². The van der Waals surface area contributed by atoms with Crippen LogP contribution in [-0.2, 0) is 4.79 Å². The van der Waals surface area contributed by atoms with Gasteiger partial charge in [-0.25, -0.2) is 0 Å². The van der Waals surface area contributed by atoms with Gasteiger partial charge in [-0.15, -0.1) is 0 Å². The van der Waals surface area contributed by atoms with Crippen LogP contribution in [-0.4, -0.2) is 35.0 Å². The van der Waals surface area contributed by atoms with Crippen molar-refractivity contribution in [1.82, 2.24) is 4.90 Å². The summed E-state index contributed by atoms with van der Waals surface area (Å²) in [4.78, 5) is 25.1. The maximum absolute atomic E-state index is 12.6. The van der Waals surface area contributed by atoms with E-state index in [1.807, 2.05) is 25.1 Å². The highest BCUT2D eigenvalue weighted by Gasteiger charge is 2.27. The van der Waals surface area contributed by atoms with Gasteiger partial charge in [-0.1, -0.05) is 11.6 Å². The largest absolute Gasteiger partial charge is 0.481 e. The van der Waals surface area contributed by atoms with Gasteiger partial charge < -0.3 is 14.4 Å². The lowest BCUT2D eigenvalue weighted by Gasteiger charge is -2.31. The summed E-state index contributed by atoms with van der Waals surface area (Å²) in [6.07, 6.45) is 1.81. The third-order valence-corrected chi connectivity index (χ3v) is 4.15. The topological polar surface area (TPSA) is 70.8 Å². The van der Waals surface area contributed by atoms with Gasteiger partial charge in [-0.2, -0.15) is 0 Å². The molecular formula is C17H19NO4. The number of hydrogen-bond donors (Lipinski definition) is 1. The van der Waals surface area contributed by atoms with Crippen LogP contribution in [0.25, 0.3) is 11.0 Å². The van der Waals surface area contributed by atoms with Crippen LogP contribution in [0.2, 0.25) is 0 Å². The first-order valence-corrected chi connectivity index (χ1v) is 7.54. The summed E-state index contributed by atoms with van der Waals surface area (Å²) in [6.45, 7) is 3.14. The molecule has 1 aliphatic rings. The van der Waals surface area contributed by atoms with E-state index >= 15 is 0 Å². The molecule has 116 valence electrons. The molecule has 3 rings (SSSR count). The number of furan rings is 1. The summed E-state index contributed by atoms with van der Waals surface area (Å²) in [5, 5.41) is 9.83. The lowest BCUT2D eigenvalue weighted by atomic mass is 9.95. The van der Waals surface area contributed by atoms with Gasteiger partial charge in [-0.05, 0) is 43.9 Å². The standard InChI is InChI=1S/C17H19NO4/c1-11-4-5-14-13(7-11)9-15(22-14)17(21)18-6-2-3-12(10-18)8-16(19)20/h4-5,7,9,12H,2-3,6,8,10H2,1H3,(H,19,20). The second kappa shape index (κ2) is 5.83. The van der Waals surface area contributed by atoms with Crippen LogP contribution in [0.1, 0.15) is 35.4 Å². The molecule has 1 unspecified atom stereocenters. The highest BCUT2D eigenvalue weighted by atomic mass is 16.4. The predicted molar refractivity (Wildman–Crippen MR) is 81.8 cm³/mol. The van der Waals surface area contributed by atoms with Gasteiger partial charge in [0.15, 0.2) is 5.76 Å².